The molecule has 154 valence electrons. The Kier molecular flexibility index (Phi) is 5.94. The molecule has 0 unspecified atom stereocenters. The topological polar surface area (TPSA) is 61.8 Å². The van der Waals surface area contributed by atoms with Crippen molar-refractivity contribution in [2.45, 2.75) is 19.8 Å². The van der Waals surface area contributed by atoms with Crippen molar-refractivity contribution in [1.82, 2.24) is 14.9 Å². The largest absolute Gasteiger partial charge is 0.378 e. The third-order valence-electron chi connectivity index (χ3n) is 5.53. The molecule has 2 aliphatic rings. The van der Waals surface area contributed by atoms with Crippen LogP contribution in [-0.4, -0.2) is 73.3 Å². The lowest BCUT2D eigenvalue weighted by Gasteiger charge is -2.36. The van der Waals surface area contributed by atoms with Gasteiger partial charge in [-0.15, -0.1) is 0 Å². The molecule has 29 heavy (non-hydrogen) atoms. The van der Waals surface area contributed by atoms with Gasteiger partial charge >= 0.3 is 0 Å². The van der Waals surface area contributed by atoms with Gasteiger partial charge in [0.25, 0.3) is 5.91 Å². The third kappa shape index (κ3) is 4.50. The van der Waals surface area contributed by atoms with E-state index in [2.05, 4.69) is 40.8 Å². The summed E-state index contributed by atoms with van der Waals surface area (Å²) in [6, 6.07) is 12.2. The van der Waals surface area contributed by atoms with Crippen LogP contribution in [0.2, 0.25) is 0 Å². The number of piperazine rings is 1. The summed E-state index contributed by atoms with van der Waals surface area (Å²) in [5.74, 6) is 0.876. The maximum Gasteiger partial charge on any atom is 0.272 e. The van der Waals surface area contributed by atoms with E-state index in [0.717, 1.165) is 31.9 Å². The molecule has 1 aromatic carbocycles. The van der Waals surface area contributed by atoms with Gasteiger partial charge in [-0.3, -0.25) is 4.79 Å². The zero-order valence-corrected chi connectivity index (χ0v) is 17.3. The molecular formula is C22H29N5O2. The van der Waals surface area contributed by atoms with Gasteiger partial charge in [0.05, 0.1) is 13.2 Å². The zero-order chi connectivity index (χ0) is 20.2. The van der Waals surface area contributed by atoms with Crippen molar-refractivity contribution in [3.05, 3.63) is 47.8 Å². The molecular weight excluding hydrogens is 366 g/mol. The number of benzene rings is 1. The predicted molar refractivity (Wildman–Crippen MR) is 114 cm³/mol. The van der Waals surface area contributed by atoms with E-state index in [4.69, 9.17) is 9.72 Å². The van der Waals surface area contributed by atoms with E-state index >= 15 is 0 Å². The second kappa shape index (κ2) is 8.78. The molecule has 0 spiro atoms. The van der Waals surface area contributed by atoms with Gasteiger partial charge < -0.3 is 19.4 Å². The Morgan fingerprint density at radius 2 is 1.62 bits per heavy atom. The summed E-state index contributed by atoms with van der Waals surface area (Å²) in [6.45, 7) is 10.1. The highest BCUT2D eigenvalue weighted by molar-refractivity contribution is 5.93. The fourth-order valence-corrected chi connectivity index (χ4v) is 3.73. The summed E-state index contributed by atoms with van der Waals surface area (Å²) in [7, 11) is 0. The highest BCUT2D eigenvalue weighted by atomic mass is 16.5. The van der Waals surface area contributed by atoms with Crippen molar-refractivity contribution in [2.24, 2.45) is 0 Å². The Hall–Kier alpha value is -2.67. The van der Waals surface area contributed by atoms with Crippen molar-refractivity contribution < 1.29 is 9.53 Å². The van der Waals surface area contributed by atoms with Crippen LogP contribution in [0.25, 0.3) is 0 Å². The maximum absolute atomic E-state index is 13.2. The molecule has 2 saturated heterocycles. The fourth-order valence-electron chi connectivity index (χ4n) is 3.73. The van der Waals surface area contributed by atoms with Crippen LogP contribution in [0, 0.1) is 0 Å². The lowest BCUT2D eigenvalue weighted by molar-refractivity contribution is 0.0740. The lowest BCUT2D eigenvalue weighted by atomic mass is 10.1. The van der Waals surface area contributed by atoms with E-state index in [1.165, 1.54) is 5.69 Å². The number of hydrogen-bond acceptors (Lipinski definition) is 6. The van der Waals surface area contributed by atoms with Crippen molar-refractivity contribution >= 4 is 17.5 Å². The van der Waals surface area contributed by atoms with Crippen LogP contribution in [0.4, 0.5) is 11.6 Å². The molecule has 0 radical (unpaired) electrons. The molecule has 0 bridgehead atoms. The average molecular weight is 396 g/mol. The van der Waals surface area contributed by atoms with Gasteiger partial charge in [-0.1, -0.05) is 32.0 Å². The van der Waals surface area contributed by atoms with Gasteiger partial charge in [-0.2, -0.15) is 0 Å². The van der Waals surface area contributed by atoms with E-state index in [1.54, 1.807) is 0 Å². The van der Waals surface area contributed by atoms with E-state index in [0.29, 0.717) is 37.9 Å². The summed E-state index contributed by atoms with van der Waals surface area (Å²) in [5.41, 5.74) is 2.62. The van der Waals surface area contributed by atoms with Crippen LogP contribution in [0.3, 0.4) is 0 Å². The van der Waals surface area contributed by atoms with Crippen molar-refractivity contribution in [3.8, 4) is 0 Å². The summed E-state index contributed by atoms with van der Waals surface area (Å²) in [4.78, 5) is 28.9. The molecule has 0 saturated carbocycles. The Morgan fingerprint density at radius 3 is 2.28 bits per heavy atom. The Bertz CT molecular complexity index is 828. The number of aromatic nitrogens is 2. The first kappa shape index (κ1) is 19.6. The highest BCUT2D eigenvalue weighted by Gasteiger charge is 2.25. The van der Waals surface area contributed by atoms with E-state index in [1.807, 2.05) is 29.2 Å². The number of morpholine rings is 1. The number of rotatable bonds is 4. The van der Waals surface area contributed by atoms with Crippen LogP contribution in [0.15, 0.2) is 36.4 Å². The van der Waals surface area contributed by atoms with Gasteiger partial charge in [0.2, 0.25) is 5.95 Å². The molecule has 7 nitrogen and oxygen atoms in total. The smallest absolute Gasteiger partial charge is 0.272 e. The average Bonchev–Trinajstić information content (AvgIpc) is 2.79. The van der Waals surface area contributed by atoms with Gasteiger partial charge in [-0.25, -0.2) is 9.97 Å². The first-order chi connectivity index (χ1) is 14.1. The van der Waals surface area contributed by atoms with Crippen molar-refractivity contribution in [1.29, 1.82) is 0 Å². The van der Waals surface area contributed by atoms with E-state index < -0.39 is 0 Å². The third-order valence-corrected chi connectivity index (χ3v) is 5.53. The van der Waals surface area contributed by atoms with Crippen LogP contribution >= 0.6 is 0 Å². The lowest BCUT2D eigenvalue weighted by Crippen LogP contribution is -2.49. The number of ether oxygens (including phenoxy) is 1. The molecule has 2 aromatic rings. The number of anilines is 2. The minimum atomic E-state index is -0.00322. The Labute approximate surface area is 172 Å². The molecule has 1 amide bonds. The molecule has 0 N–H and O–H groups in total. The molecule has 2 fully saturated rings. The molecule has 0 aliphatic carbocycles. The molecule has 2 aliphatic heterocycles. The molecule has 0 atom stereocenters. The number of para-hydroxylation sites is 1. The van der Waals surface area contributed by atoms with Gasteiger partial charge in [0.1, 0.15) is 5.69 Å². The van der Waals surface area contributed by atoms with Crippen LogP contribution < -0.4 is 9.80 Å². The number of hydrogen-bond donors (Lipinski definition) is 0. The van der Waals surface area contributed by atoms with Gasteiger partial charge in [0.15, 0.2) is 0 Å². The summed E-state index contributed by atoms with van der Waals surface area (Å²) in [6.07, 6.45) is 0. The Morgan fingerprint density at radius 1 is 0.931 bits per heavy atom. The second-order valence-electron chi connectivity index (χ2n) is 7.85. The quantitative estimate of drug-likeness (QED) is 0.792. The number of nitrogens with zero attached hydrogens (tertiary/aromatic N) is 5. The number of amides is 1. The van der Waals surface area contributed by atoms with Crippen molar-refractivity contribution in [3.63, 3.8) is 0 Å². The predicted octanol–water partition coefficient (Wildman–Crippen LogP) is 2.40. The highest BCUT2D eigenvalue weighted by Crippen LogP contribution is 2.21. The van der Waals surface area contributed by atoms with Gasteiger partial charge in [-0.05, 0) is 24.1 Å². The van der Waals surface area contributed by atoms with Gasteiger partial charge in [0, 0.05) is 50.6 Å². The van der Waals surface area contributed by atoms with Crippen LogP contribution in [0.5, 0.6) is 0 Å². The molecule has 3 heterocycles. The minimum Gasteiger partial charge on any atom is -0.378 e. The zero-order valence-electron chi connectivity index (χ0n) is 17.3. The Balaban J connectivity index is 1.50. The summed E-state index contributed by atoms with van der Waals surface area (Å²) in [5, 5.41) is 0. The maximum atomic E-state index is 13.2. The monoisotopic (exact) mass is 395 g/mol. The first-order valence-corrected chi connectivity index (χ1v) is 10.4. The first-order valence-electron chi connectivity index (χ1n) is 10.4. The van der Waals surface area contributed by atoms with E-state index in [9.17, 15) is 4.79 Å². The standard InChI is InChI=1S/C22H29N5O2/c1-17(2)19-16-20(24-22(23-19)27-12-14-29-15-13-27)21(28)26-10-8-25(9-11-26)18-6-4-3-5-7-18/h3-7,16-17H,8-15H2,1-2H3. The second-order valence-corrected chi connectivity index (χ2v) is 7.85. The number of carbonyl (C=O) groups is 1. The summed E-state index contributed by atoms with van der Waals surface area (Å²) < 4.78 is 5.44. The van der Waals surface area contributed by atoms with Crippen LogP contribution in [-0.2, 0) is 4.74 Å². The molecule has 4 rings (SSSR count). The summed E-state index contributed by atoms with van der Waals surface area (Å²) >= 11 is 0. The van der Waals surface area contributed by atoms with Crippen LogP contribution in [0.1, 0.15) is 35.9 Å². The number of carbonyl (C=O) groups excluding carboxylic acids is 1. The van der Waals surface area contributed by atoms with Crippen molar-refractivity contribution in [2.75, 3.05) is 62.3 Å². The van der Waals surface area contributed by atoms with E-state index in [-0.39, 0.29) is 11.8 Å². The minimum absolute atomic E-state index is 0.00322. The normalized spacial score (nSPS) is 17.7. The fraction of sp³-hybridized carbons (Fsp3) is 0.500. The molecule has 1 aromatic heterocycles. The molecule has 7 heteroatoms. The SMILES string of the molecule is CC(C)c1cc(C(=O)N2CCN(c3ccccc3)CC2)nc(N2CCOCC2)n1.